The Labute approximate surface area is 194 Å². The fourth-order valence-corrected chi connectivity index (χ4v) is 3.69. The lowest BCUT2D eigenvalue weighted by Crippen LogP contribution is -2.50. The van der Waals surface area contributed by atoms with Crippen LogP contribution in [0.25, 0.3) is 11.3 Å². The summed E-state index contributed by atoms with van der Waals surface area (Å²) in [5.74, 6) is 2.97. The third-order valence-corrected chi connectivity index (χ3v) is 5.52. The highest BCUT2D eigenvalue weighted by Crippen LogP contribution is 2.34. The van der Waals surface area contributed by atoms with Gasteiger partial charge in [0.1, 0.15) is 22.2 Å². The number of likely N-dealkylation sites (tertiary alicyclic amines) is 1. The van der Waals surface area contributed by atoms with E-state index in [9.17, 15) is 18.0 Å². The molecular formula is C23H24F3N3O3S. The van der Waals surface area contributed by atoms with Crippen molar-refractivity contribution in [3.63, 3.8) is 0 Å². The number of rotatable bonds is 4. The Morgan fingerprint density at radius 3 is 2.33 bits per heavy atom. The molecule has 0 atom stereocenters. The number of nitrogens with zero attached hydrogens (tertiary/aromatic N) is 3. The number of ether oxygens (including phenoxy) is 2. The monoisotopic (exact) mass is 479 g/mol. The van der Waals surface area contributed by atoms with Gasteiger partial charge in [0.2, 0.25) is 0 Å². The molecule has 6 nitrogen and oxygen atoms in total. The van der Waals surface area contributed by atoms with Crippen LogP contribution in [0.3, 0.4) is 0 Å². The average Bonchev–Trinajstić information content (AvgIpc) is 2.65. The lowest BCUT2D eigenvalue weighted by atomic mass is 9.99. The lowest BCUT2D eigenvalue weighted by molar-refractivity contribution is -0.274. The maximum atomic E-state index is 12.5. The molecule has 0 aliphatic carbocycles. The second kappa shape index (κ2) is 9.51. The van der Waals surface area contributed by atoms with Crippen molar-refractivity contribution in [1.29, 1.82) is 0 Å². The molecule has 2 aromatic rings. The maximum absolute atomic E-state index is 12.5. The molecule has 1 aliphatic heterocycles. The van der Waals surface area contributed by atoms with Crippen LogP contribution in [0.4, 0.5) is 18.0 Å². The second-order valence-corrected chi connectivity index (χ2v) is 9.26. The minimum atomic E-state index is -4.76. The van der Waals surface area contributed by atoms with Crippen LogP contribution >= 0.6 is 11.8 Å². The topological polar surface area (TPSA) is 64.6 Å². The first kappa shape index (κ1) is 24.7. The van der Waals surface area contributed by atoms with E-state index in [-0.39, 0.29) is 11.7 Å². The summed E-state index contributed by atoms with van der Waals surface area (Å²) >= 11 is 1.26. The van der Waals surface area contributed by atoms with Gasteiger partial charge in [0, 0.05) is 24.2 Å². The molecule has 33 heavy (non-hydrogen) atoms. The average molecular weight is 480 g/mol. The van der Waals surface area contributed by atoms with Crippen LogP contribution in [0.5, 0.6) is 5.75 Å². The van der Waals surface area contributed by atoms with Gasteiger partial charge in [-0.1, -0.05) is 5.92 Å². The Hall–Kier alpha value is -2.93. The summed E-state index contributed by atoms with van der Waals surface area (Å²) < 4.78 is 46.8. The highest BCUT2D eigenvalue weighted by atomic mass is 32.2. The summed E-state index contributed by atoms with van der Waals surface area (Å²) in [5.41, 5.74) is 1.40. The molecule has 1 saturated heterocycles. The van der Waals surface area contributed by atoms with Gasteiger partial charge >= 0.3 is 12.5 Å². The molecule has 0 spiro atoms. The molecule has 1 fully saturated rings. The zero-order valence-electron chi connectivity index (χ0n) is 18.9. The SMILES string of the molecule is CC#CSc1nc(C2CN(C(=O)OC(C)(C)C)C2)nc(-c2ccc(OC(F)(F)F)cc2)c1C. The summed E-state index contributed by atoms with van der Waals surface area (Å²) in [6.45, 7) is 9.81. The van der Waals surface area contributed by atoms with Gasteiger partial charge in [-0.05, 0) is 75.9 Å². The predicted octanol–water partition coefficient (Wildman–Crippen LogP) is 5.76. The fraction of sp³-hybridized carbons (Fsp3) is 0.435. The van der Waals surface area contributed by atoms with E-state index in [2.05, 4.69) is 20.9 Å². The molecule has 0 unspecified atom stereocenters. The van der Waals surface area contributed by atoms with Crippen molar-refractivity contribution in [2.24, 2.45) is 0 Å². The van der Waals surface area contributed by atoms with Crippen LogP contribution in [0, 0.1) is 18.1 Å². The number of alkyl halides is 3. The molecular weight excluding hydrogens is 455 g/mol. The number of halogens is 3. The quantitative estimate of drug-likeness (QED) is 0.316. The molecule has 1 aromatic heterocycles. The van der Waals surface area contributed by atoms with E-state index >= 15 is 0 Å². The minimum Gasteiger partial charge on any atom is -0.444 e. The Morgan fingerprint density at radius 1 is 1.15 bits per heavy atom. The summed E-state index contributed by atoms with van der Waals surface area (Å²) in [6.07, 6.45) is -5.15. The summed E-state index contributed by atoms with van der Waals surface area (Å²) in [5, 5.41) is 3.58. The Morgan fingerprint density at radius 2 is 1.79 bits per heavy atom. The first-order valence-electron chi connectivity index (χ1n) is 10.2. The number of benzene rings is 1. The number of carbonyl (C=O) groups excluding carboxylic acids is 1. The van der Waals surface area contributed by atoms with E-state index in [0.717, 1.165) is 5.56 Å². The highest BCUT2D eigenvalue weighted by molar-refractivity contribution is 8.03. The molecule has 2 heterocycles. The number of hydrogen-bond donors (Lipinski definition) is 0. The Balaban J connectivity index is 1.87. The number of amides is 1. The van der Waals surface area contributed by atoms with Crippen LogP contribution in [-0.4, -0.2) is 46.0 Å². The number of carbonyl (C=O) groups is 1. The van der Waals surface area contributed by atoms with Crippen molar-refractivity contribution in [3.05, 3.63) is 35.7 Å². The van der Waals surface area contributed by atoms with Crippen molar-refractivity contribution in [2.75, 3.05) is 13.1 Å². The molecule has 0 radical (unpaired) electrons. The van der Waals surface area contributed by atoms with Crippen molar-refractivity contribution < 1.29 is 27.4 Å². The number of hydrogen-bond acceptors (Lipinski definition) is 6. The molecule has 1 aliphatic rings. The number of aromatic nitrogens is 2. The van der Waals surface area contributed by atoms with E-state index in [1.165, 1.54) is 36.0 Å². The van der Waals surface area contributed by atoms with Gasteiger partial charge in [-0.3, -0.25) is 0 Å². The van der Waals surface area contributed by atoms with Gasteiger partial charge in [-0.25, -0.2) is 14.8 Å². The Kier molecular flexibility index (Phi) is 7.12. The van der Waals surface area contributed by atoms with Gasteiger partial charge in [-0.2, -0.15) is 0 Å². The zero-order chi connectivity index (χ0) is 24.4. The summed E-state index contributed by atoms with van der Waals surface area (Å²) in [4.78, 5) is 23.2. The molecule has 1 aromatic carbocycles. The normalized spacial score (nSPS) is 14.2. The van der Waals surface area contributed by atoms with E-state index in [1.54, 1.807) is 32.6 Å². The van der Waals surface area contributed by atoms with Crippen molar-refractivity contribution in [3.8, 4) is 28.2 Å². The molecule has 10 heteroatoms. The third kappa shape index (κ3) is 6.54. The first-order valence-corrected chi connectivity index (χ1v) is 11.0. The number of thioether (sulfide) groups is 1. The minimum absolute atomic E-state index is 0.0846. The second-order valence-electron chi connectivity index (χ2n) is 8.47. The van der Waals surface area contributed by atoms with Crippen LogP contribution in [0.15, 0.2) is 29.3 Å². The molecule has 1 amide bonds. The van der Waals surface area contributed by atoms with Crippen molar-refractivity contribution in [2.45, 2.75) is 57.5 Å². The van der Waals surface area contributed by atoms with Crippen LogP contribution in [0.1, 0.15) is 45.0 Å². The van der Waals surface area contributed by atoms with E-state index in [0.29, 0.717) is 35.2 Å². The van der Waals surface area contributed by atoms with Crippen molar-refractivity contribution in [1.82, 2.24) is 14.9 Å². The molecule has 176 valence electrons. The molecule has 0 bridgehead atoms. The highest BCUT2D eigenvalue weighted by Gasteiger charge is 2.37. The van der Waals surface area contributed by atoms with E-state index < -0.39 is 18.1 Å². The summed E-state index contributed by atoms with van der Waals surface area (Å²) in [7, 11) is 0. The molecule has 0 N–H and O–H groups in total. The van der Waals surface area contributed by atoms with Crippen LogP contribution < -0.4 is 4.74 Å². The first-order chi connectivity index (χ1) is 15.4. The predicted molar refractivity (Wildman–Crippen MR) is 119 cm³/mol. The van der Waals surface area contributed by atoms with Crippen molar-refractivity contribution >= 4 is 17.9 Å². The van der Waals surface area contributed by atoms with Crippen LogP contribution in [-0.2, 0) is 4.74 Å². The largest absolute Gasteiger partial charge is 0.573 e. The molecule has 3 rings (SSSR count). The fourth-order valence-electron chi connectivity index (χ4n) is 3.11. The van der Waals surface area contributed by atoms with Gasteiger partial charge in [0.25, 0.3) is 0 Å². The maximum Gasteiger partial charge on any atom is 0.573 e. The lowest BCUT2D eigenvalue weighted by Gasteiger charge is -2.39. The molecule has 0 saturated carbocycles. The smallest absolute Gasteiger partial charge is 0.444 e. The zero-order valence-corrected chi connectivity index (χ0v) is 19.7. The standard InChI is InChI=1S/C23H24F3N3O3S/c1-6-11-33-20-14(2)18(15-7-9-17(10-8-15)31-23(24,25)26)27-19(28-20)16-12-29(13-16)21(30)32-22(3,4)5/h7-10,16H,12-13H2,1-5H3. The van der Waals surface area contributed by atoms with Gasteiger partial charge < -0.3 is 14.4 Å². The van der Waals surface area contributed by atoms with E-state index in [4.69, 9.17) is 9.72 Å². The summed E-state index contributed by atoms with van der Waals surface area (Å²) in [6, 6.07) is 5.54. The van der Waals surface area contributed by atoms with E-state index in [1.807, 2.05) is 6.92 Å². The van der Waals surface area contributed by atoms with Gasteiger partial charge in [0.15, 0.2) is 0 Å². The van der Waals surface area contributed by atoms with Gasteiger partial charge in [0.05, 0.1) is 11.6 Å². The Bertz CT molecular complexity index is 1080. The van der Waals surface area contributed by atoms with Crippen LogP contribution in [0.2, 0.25) is 0 Å². The van der Waals surface area contributed by atoms with Gasteiger partial charge in [-0.15, -0.1) is 13.2 Å². The third-order valence-electron chi connectivity index (χ3n) is 4.63.